The quantitative estimate of drug-likeness (QED) is 0.337. The fraction of sp³-hybridized carbons (Fsp3) is 0.407. The summed E-state index contributed by atoms with van der Waals surface area (Å²) < 4.78 is 12.3. The maximum Gasteiger partial charge on any atom is 0.359 e. The molecule has 0 aliphatic heterocycles. The molecule has 35 heavy (non-hydrogen) atoms. The zero-order valence-electron chi connectivity index (χ0n) is 21.2. The molecule has 0 aliphatic rings. The molecule has 4 rings (SSSR count). The van der Waals surface area contributed by atoms with E-state index in [9.17, 15) is 9.59 Å². The lowest BCUT2D eigenvalue weighted by Gasteiger charge is -2.06. The number of carbonyl (C=O) groups is 2. The average Bonchev–Trinajstić information content (AvgIpc) is 3.43. The number of aromatic nitrogens is 4. The molecule has 2 aromatic heterocycles. The van der Waals surface area contributed by atoms with Crippen molar-refractivity contribution in [1.82, 2.24) is 20.0 Å². The Hall–Kier alpha value is -3.68. The van der Waals surface area contributed by atoms with E-state index in [1.807, 2.05) is 94.8 Å². The highest BCUT2D eigenvalue weighted by Crippen LogP contribution is 2.22. The van der Waals surface area contributed by atoms with E-state index in [0.717, 1.165) is 21.8 Å². The number of rotatable bonds is 7. The highest BCUT2D eigenvalue weighted by molar-refractivity contribution is 6.02. The van der Waals surface area contributed by atoms with Crippen LogP contribution in [0, 0.1) is 11.8 Å². The Bertz CT molecular complexity index is 1290. The molecule has 0 aliphatic carbocycles. The number of nitrogens with zero attached hydrogens (tertiary/aromatic N) is 3. The van der Waals surface area contributed by atoms with Crippen molar-refractivity contribution < 1.29 is 19.1 Å². The second-order valence-electron chi connectivity index (χ2n) is 9.51. The highest BCUT2D eigenvalue weighted by atomic mass is 16.5. The molecular weight excluding hydrogens is 444 g/mol. The summed E-state index contributed by atoms with van der Waals surface area (Å²) in [5.74, 6) is -0.0630. The maximum atomic E-state index is 12.1. The molecule has 0 radical (unpaired) electrons. The van der Waals surface area contributed by atoms with Gasteiger partial charge in [0.2, 0.25) is 0 Å². The van der Waals surface area contributed by atoms with E-state index in [1.54, 1.807) is 0 Å². The minimum absolute atomic E-state index is 0.205. The molecule has 0 saturated heterocycles. The van der Waals surface area contributed by atoms with Gasteiger partial charge in [-0.15, -0.1) is 0 Å². The predicted octanol–water partition coefficient (Wildman–Crippen LogP) is 5.81. The third-order valence-electron chi connectivity index (χ3n) is 5.06. The van der Waals surface area contributed by atoms with Crippen LogP contribution in [-0.4, -0.2) is 45.1 Å². The SMILES string of the molecule is CC(C)COC(=O)c1n[nH]c2ccccc12.CC(C)COC(=O)c1nn(C(C)C)c2ccccc12. The van der Waals surface area contributed by atoms with Crippen LogP contribution < -0.4 is 0 Å². The first-order valence-electron chi connectivity index (χ1n) is 11.9. The lowest BCUT2D eigenvalue weighted by atomic mass is 10.2. The number of nitrogens with one attached hydrogen (secondary N) is 1. The van der Waals surface area contributed by atoms with Gasteiger partial charge in [-0.2, -0.15) is 10.2 Å². The van der Waals surface area contributed by atoms with Crippen LogP contribution in [0.5, 0.6) is 0 Å². The normalized spacial score (nSPS) is 11.2. The van der Waals surface area contributed by atoms with Crippen LogP contribution in [0.15, 0.2) is 48.5 Å². The molecule has 1 N–H and O–H groups in total. The molecule has 186 valence electrons. The molecule has 0 unspecified atom stereocenters. The number of ether oxygens (including phenoxy) is 2. The van der Waals surface area contributed by atoms with E-state index in [-0.39, 0.29) is 18.0 Å². The van der Waals surface area contributed by atoms with E-state index >= 15 is 0 Å². The maximum absolute atomic E-state index is 12.1. The van der Waals surface area contributed by atoms with Gasteiger partial charge in [-0.3, -0.25) is 9.78 Å². The third kappa shape index (κ3) is 6.47. The van der Waals surface area contributed by atoms with Crippen molar-refractivity contribution in [3.63, 3.8) is 0 Å². The van der Waals surface area contributed by atoms with Crippen molar-refractivity contribution in [3.8, 4) is 0 Å². The summed E-state index contributed by atoms with van der Waals surface area (Å²) in [5, 5.41) is 12.8. The van der Waals surface area contributed by atoms with Gasteiger partial charge in [0.05, 0.1) is 24.2 Å². The zero-order valence-corrected chi connectivity index (χ0v) is 21.2. The Labute approximate surface area is 205 Å². The van der Waals surface area contributed by atoms with Crippen molar-refractivity contribution in [2.24, 2.45) is 11.8 Å². The minimum Gasteiger partial charge on any atom is -0.461 e. The first-order chi connectivity index (χ1) is 16.7. The van der Waals surface area contributed by atoms with Crippen LogP contribution in [0.4, 0.5) is 0 Å². The monoisotopic (exact) mass is 478 g/mol. The van der Waals surface area contributed by atoms with Crippen LogP contribution in [0.25, 0.3) is 21.8 Å². The molecule has 0 spiro atoms. The molecule has 0 atom stereocenters. The highest BCUT2D eigenvalue weighted by Gasteiger charge is 2.19. The van der Waals surface area contributed by atoms with Crippen LogP contribution in [0.2, 0.25) is 0 Å². The third-order valence-corrected chi connectivity index (χ3v) is 5.06. The number of fused-ring (bicyclic) bond motifs is 2. The number of aromatic amines is 1. The second-order valence-corrected chi connectivity index (χ2v) is 9.51. The van der Waals surface area contributed by atoms with Gasteiger partial charge in [0.1, 0.15) is 0 Å². The second kappa shape index (κ2) is 11.6. The molecule has 0 saturated carbocycles. The molecule has 8 heteroatoms. The number of H-pyrrole nitrogens is 1. The Morgan fingerprint density at radius 2 is 1.34 bits per heavy atom. The Kier molecular flexibility index (Phi) is 8.63. The van der Waals surface area contributed by atoms with Crippen molar-refractivity contribution in [2.75, 3.05) is 13.2 Å². The van der Waals surface area contributed by atoms with Crippen LogP contribution in [0.1, 0.15) is 68.6 Å². The van der Waals surface area contributed by atoms with E-state index in [4.69, 9.17) is 9.47 Å². The van der Waals surface area contributed by atoms with E-state index in [0.29, 0.717) is 36.4 Å². The van der Waals surface area contributed by atoms with Gasteiger partial charge in [-0.05, 0) is 37.8 Å². The number of benzene rings is 2. The van der Waals surface area contributed by atoms with Gasteiger partial charge in [0, 0.05) is 16.8 Å². The zero-order chi connectivity index (χ0) is 25.5. The molecule has 4 aromatic rings. The number of para-hydroxylation sites is 2. The lowest BCUT2D eigenvalue weighted by molar-refractivity contribution is 0.0445. The van der Waals surface area contributed by atoms with Gasteiger partial charge >= 0.3 is 11.9 Å². The van der Waals surface area contributed by atoms with Gasteiger partial charge in [0.25, 0.3) is 0 Å². The topological polar surface area (TPSA) is 99.1 Å². The summed E-state index contributed by atoms with van der Waals surface area (Å²) in [6.07, 6.45) is 0. The standard InChI is InChI=1S/C15H20N2O2.C12H14N2O2/c1-10(2)9-19-15(18)14-12-7-5-6-8-13(12)17(16-14)11(3)4;1-8(2)7-16-12(15)11-9-5-3-4-6-10(9)13-14-11/h5-8,10-11H,9H2,1-4H3;3-6,8H,7H2,1-2H3,(H,13,14). The predicted molar refractivity (Wildman–Crippen MR) is 136 cm³/mol. The van der Waals surface area contributed by atoms with Crippen LogP contribution in [0.3, 0.4) is 0 Å². The van der Waals surface area contributed by atoms with Gasteiger partial charge in [0.15, 0.2) is 11.4 Å². The van der Waals surface area contributed by atoms with Crippen LogP contribution >= 0.6 is 0 Å². The molecule has 0 bridgehead atoms. The van der Waals surface area contributed by atoms with Gasteiger partial charge in [-0.25, -0.2) is 9.59 Å². The summed E-state index contributed by atoms with van der Waals surface area (Å²) in [4.78, 5) is 23.8. The lowest BCUT2D eigenvalue weighted by Crippen LogP contribution is -2.12. The smallest absolute Gasteiger partial charge is 0.359 e. The molecule has 2 heterocycles. The van der Waals surface area contributed by atoms with E-state index in [1.165, 1.54) is 0 Å². The summed E-state index contributed by atoms with van der Waals surface area (Å²) in [5.41, 5.74) is 2.58. The van der Waals surface area contributed by atoms with Gasteiger partial charge in [-0.1, -0.05) is 64.1 Å². The molecule has 0 fully saturated rings. The number of carbonyl (C=O) groups excluding carboxylic acids is 2. The summed E-state index contributed by atoms with van der Waals surface area (Å²) >= 11 is 0. The summed E-state index contributed by atoms with van der Waals surface area (Å²) in [6, 6.07) is 15.4. The summed E-state index contributed by atoms with van der Waals surface area (Å²) in [7, 11) is 0. The number of esters is 2. The Morgan fingerprint density at radius 3 is 1.94 bits per heavy atom. The first kappa shape index (κ1) is 25.9. The first-order valence-corrected chi connectivity index (χ1v) is 11.9. The van der Waals surface area contributed by atoms with E-state index < -0.39 is 0 Å². The average molecular weight is 479 g/mol. The van der Waals surface area contributed by atoms with Crippen molar-refractivity contribution in [3.05, 3.63) is 59.9 Å². The fourth-order valence-corrected chi connectivity index (χ4v) is 3.37. The Balaban J connectivity index is 0.000000198. The Morgan fingerprint density at radius 1 is 0.800 bits per heavy atom. The summed E-state index contributed by atoms with van der Waals surface area (Å²) in [6.45, 7) is 12.9. The van der Waals surface area contributed by atoms with Crippen molar-refractivity contribution in [2.45, 2.75) is 47.6 Å². The van der Waals surface area contributed by atoms with E-state index in [2.05, 4.69) is 15.3 Å². The fourth-order valence-electron chi connectivity index (χ4n) is 3.37. The van der Waals surface area contributed by atoms with Gasteiger partial charge < -0.3 is 9.47 Å². The molecule has 8 nitrogen and oxygen atoms in total. The van der Waals surface area contributed by atoms with Crippen molar-refractivity contribution >= 4 is 33.7 Å². The van der Waals surface area contributed by atoms with Crippen LogP contribution in [-0.2, 0) is 9.47 Å². The molecule has 0 amide bonds. The van der Waals surface area contributed by atoms with Crippen molar-refractivity contribution in [1.29, 1.82) is 0 Å². The minimum atomic E-state index is -0.369. The number of hydrogen-bond donors (Lipinski definition) is 1. The number of hydrogen-bond acceptors (Lipinski definition) is 6. The largest absolute Gasteiger partial charge is 0.461 e. The molecular formula is C27H34N4O4. The molecule has 2 aromatic carbocycles.